The predicted molar refractivity (Wildman–Crippen MR) is 56.5 cm³/mol. The summed E-state index contributed by atoms with van der Waals surface area (Å²) in [5, 5.41) is 6.94. The van der Waals surface area contributed by atoms with Gasteiger partial charge < -0.3 is 20.0 Å². The standard InChI is InChI=1S/C8H20N2O2Si/c1-11-13(2,8-4-6-10)12-7-3-5-9/h6,10H,3-5,7-9H2,1-2H3. The highest BCUT2D eigenvalue weighted by Crippen LogP contribution is 2.13. The van der Waals surface area contributed by atoms with E-state index >= 15 is 0 Å². The Hall–Kier alpha value is -0.233. The van der Waals surface area contributed by atoms with Gasteiger partial charge in [-0.3, -0.25) is 0 Å². The van der Waals surface area contributed by atoms with E-state index in [1.54, 1.807) is 7.11 Å². The van der Waals surface area contributed by atoms with Gasteiger partial charge in [-0.25, -0.2) is 0 Å². The van der Waals surface area contributed by atoms with Crippen LogP contribution in [0.15, 0.2) is 0 Å². The first kappa shape index (κ1) is 12.8. The Morgan fingerprint density at radius 3 is 2.69 bits per heavy atom. The van der Waals surface area contributed by atoms with Crippen LogP contribution in [-0.4, -0.2) is 35.0 Å². The Balaban J connectivity index is 3.73. The Kier molecular flexibility index (Phi) is 7.07. The molecule has 0 aliphatic heterocycles. The zero-order valence-corrected chi connectivity index (χ0v) is 9.51. The van der Waals surface area contributed by atoms with E-state index < -0.39 is 8.56 Å². The van der Waals surface area contributed by atoms with E-state index in [1.165, 1.54) is 6.21 Å². The van der Waals surface area contributed by atoms with Crippen LogP contribution in [0.2, 0.25) is 12.6 Å². The minimum atomic E-state index is -1.99. The molecule has 0 aliphatic rings. The van der Waals surface area contributed by atoms with E-state index in [-0.39, 0.29) is 0 Å². The van der Waals surface area contributed by atoms with Crippen molar-refractivity contribution >= 4 is 14.8 Å². The van der Waals surface area contributed by atoms with Crippen LogP contribution in [0.4, 0.5) is 0 Å². The molecule has 3 N–H and O–H groups in total. The van der Waals surface area contributed by atoms with Crippen molar-refractivity contribution < 1.29 is 8.85 Å². The van der Waals surface area contributed by atoms with Crippen LogP contribution in [0.3, 0.4) is 0 Å². The second kappa shape index (κ2) is 7.20. The molecule has 0 radical (unpaired) electrons. The summed E-state index contributed by atoms with van der Waals surface area (Å²) in [6, 6.07) is 0.845. The molecular formula is C8H20N2O2Si. The lowest BCUT2D eigenvalue weighted by Crippen LogP contribution is -2.38. The second-order valence-corrected chi connectivity index (χ2v) is 6.54. The molecule has 13 heavy (non-hydrogen) atoms. The molecule has 0 saturated heterocycles. The lowest BCUT2D eigenvalue weighted by molar-refractivity contribution is 0.203. The number of hydrogen-bond donors (Lipinski definition) is 2. The highest BCUT2D eigenvalue weighted by molar-refractivity contribution is 6.66. The van der Waals surface area contributed by atoms with Crippen LogP contribution in [0, 0.1) is 5.41 Å². The summed E-state index contributed by atoms with van der Waals surface area (Å²) in [6.07, 6.45) is 3.01. The third-order valence-electron chi connectivity index (χ3n) is 1.93. The van der Waals surface area contributed by atoms with E-state index in [4.69, 9.17) is 20.0 Å². The third kappa shape index (κ3) is 5.92. The summed E-state index contributed by atoms with van der Waals surface area (Å²) in [5.41, 5.74) is 5.36. The summed E-state index contributed by atoms with van der Waals surface area (Å²) in [4.78, 5) is 0. The van der Waals surface area contributed by atoms with Crippen molar-refractivity contribution in [1.29, 1.82) is 5.41 Å². The minimum Gasteiger partial charge on any atom is -0.398 e. The Morgan fingerprint density at radius 2 is 2.23 bits per heavy atom. The van der Waals surface area contributed by atoms with Gasteiger partial charge in [0.2, 0.25) is 0 Å². The molecule has 78 valence electrons. The fourth-order valence-electron chi connectivity index (χ4n) is 0.939. The highest BCUT2D eigenvalue weighted by atomic mass is 28.4. The van der Waals surface area contributed by atoms with Crippen molar-refractivity contribution in [2.24, 2.45) is 5.73 Å². The average Bonchev–Trinajstić information content (AvgIpc) is 2.15. The molecule has 0 aromatic rings. The van der Waals surface area contributed by atoms with Gasteiger partial charge in [0.05, 0.1) is 0 Å². The number of nitrogens with two attached hydrogens (primary N) is 1. The summed E-state index contributed by atoms with van der Waals surface area (Å²) in [6.45, 7) is 3.34. The highest BCUT2D eigenvalue weighted by Gasteiger charge is 2.28. The molecule has 0 aliphatic carbocycles. The van der Waals surface area contributed by atoms with Gasteiger partial charge in [-0.2, -0.15) is 0 Å². The maximum Gasteiger partial charge on any atom is 0.335 e. The number of hydrogen-bond acceptors (Lipinski definition) is 4. The molecule has 1 atom stereocenters. The van der Waals surface area contributed by atoms with Gasteiger partial charge in [0, 0.05) is 13.7 Å². The van der Waals surface area contributed by atoms with Crippen molar-refractivity contribution in [3.05, 3.63) is 0 Å². The maximum atomic E-state index is 6.94. The lowest BCUT2D eigenvalue weighted by Gasteiger charge is -2.24. The van der Waals surface area contributed by atoms with Crippen molar-refractivity contribution in [3.63, 3.8) is 0 Å². The van der Waals surface area contributed by atoms with E-state index in [9.17, 15) is 0 Å². The Labute approximate surface area is 81.2 Å². The first-order valence-corrected chi connectivity index (χ1v) is 7.09. The van der Waals surface area contributed by atoms with Crippen molar-refractivity contribution in [2.45, 2.75) is 25.4 Å². The summed E-state index contributed by atoms with van der Waals surface area (Å²) in [7, 11) is -0.309. The van der Waals surface area contributed by atoms with Crippen LogP contribution in [0.25, 0.3) is 0 Å². The third-order valence-corrected chi connectivity index (χ3v) is 4.81. The van der Waals surface area contributed by atoms with Crippen LogP contribution in [0.1, 0.15) is 12.8 Å². The van der Waals surface area contributed by atoms with Crippen LogP contribution >= 0.6 is 0 Å². The molecule has 0 aromatic carbocycles. The van der Waals surface area contributed by atoms with Crippen molar-refractivity contribution in [3.8, 4) is 0 Å². The fraction of sp³-hybridized carbons (Fsp3) is 0.875. The molecule has 0 saturated carbocycles. The molecule has 0 bridgehead atoms. The van der Waals surface area contributed by atoms with Gasteiger partial charge in [0.25, 0.3) is 0 Å². The summed E-state index contributed by atoms with van der Waals surface area (Å²) >= 11 is 0. The number of nitrogens with one attached hydrogen (secondary N) is 1. The molecule has 0 rings (SSSR count). The molecule has 0 heterocycles. The largest absolute Gasteiger partial charge is 0.398 e. The summed E-state index contributed by atoms with van der Waals surface area (Å²) < 4.78 is 11.0. The van der Waals surface area contributed by atoms with E-state index in [2.05, 4.69) is 0 Å². The van der Waals surface area contributed by atoms with Gasteiger partial charge in [-0.15, -0.1) is 0 Å². The zero-order chi connectivity index (χ0) is 10.2. The summed E-state index contributed by atoms with van der Waals surface area (Å²) in [5.74, 6) is 0. The van der Waals surface area contributed by atoms with Gasteiger partial charge in [-0.05, 0) is 38.2 Å². The molecular weight excluding hydrogens is 184 g/mol. The van der Waals surface area contributed by atoms with Gasteiger partial charge >= 0.3 is 8.56 Å². The Bertz CT molecular complexity index is 146. The fourth-order valence-corrected chi connectivity index (χ4v) is 2.65. The van der Waals surface area contributed by atoms with Crippen LogP contribution in [0.5, 0.6) is 0 Å². The number of rotatable bonds is 8. The van der Waals surface area contributed by atoms with Gasteiger partial charge in [0.1, 0.15) is 0 Å². The van der Waals surface area contributed by atoms with Crippen LogP contribution in [-0.2, 0) is 8.85 Å². The smallest absolute Gasteiger partial charge is 0.335 e. The molecule has 1 unspecified atom stereocenters. The average molecular weight is 204 g/mol. The monoisotopic (exact) mass is 204 g/mol. The van der Waals surface area contributed by atoms with E-state index in [1.807, 2.05) is 6.55 Å². The van der Waals surface area contributed by atoms with E-state index in [0.29, 0.717) is 13.2 Å². The SMILES string of the molecule is CO[Si](C)(CCC=N)OCCCN. The predicted octanol–water partition coefficient (Wildman–Crippen LogP) is 1.11. The zero-order valence-electron chi connectivity index (χ0n) is 8.51. The Morgan fingerprint density at radius 1 is 1.54 bits per heavy atom. The second-order valence-electron chi connectivity index (χ2n) is 3.07. The first-order valence-electron chi connectivity index (χ1n) is 4.56. The van der Waals surface area contributed by atoms with Gasteiger partial charge in [0.15, 0.2) is 0 Å². The molecule has 0 fully saturated rings. The lowest BCUT2D eigenvalue weighted by atomic mass is 10.5. The van der Waals surface area contributed by atoms with Crippen LogP contribution < -0.4 is 5.73 Å². The molecule has 4 nitrogen and oxygen atoms in total. The van der Waals surface area contributed by atoms with Crippen molar-refractivity contribution in [2.75, 3.05) is 20.3 Å². The maximum absolute atomic E-state index is 6.94. The quantitative estimate of drug-likeness (QED) is 0.353. The molecule has 5 heteroatoms. The first-order chi connectivity index (χ1) is 6.18. The topological polar surface area (TPSA) is 68.3 Å². The molecule has 0 spiro atoms. The normalized spacial score (nSPS) is 15.3. The molecule has 0 aromatic heterocycles. The van der Waals surface area contributed by atoms with Gasteiger partial charge in [-0.1, -0.05) is 0 Å². The van der Waals surface area contributed by atoms with Crippen molar-refractivity contribution in [1.82, 2.24) is 0 Å². The molecule has 0 amide bonds. The van der Waals surface area contributed by atoms with E-state index in [0.717, 1.165) is 18.9 Å². The minimum absolute atomic E-state index is 0.652.